The van der Waals surface area contributed by atoms with Crippen LogP contribution in [0.3, 0.4) is 0 Å². The molecular weight excluding hydrogens is 274 g/mol. The molecule has 0 aliphatic carbocycles. The first-order chi connectivity index (χ1) is 7.61. The second kappa shape index (κ2) is 6.58. The Morgan fingerprint density at radius 2 is 2.00 bits per heavy atom. The second-order valence-corrected chi connectivity index (χ2v) is 3.75. The summed E-state index contributed by atoms with van der Waals surface area (Å²) in [5, 5.41) is 6.25. The number of nitrogens with zero attached hydrogens (tertiary/aromatic N) is 1. The van der Waals surface area contributed by atoms with Crippen molar-refractivity contribution in [3.8, 4) is 0 Å². The number of anilines is 1. The molecule has 1 aromatic rings. The molecule has 0 heterocycles. The SMILES string of the molecule is O=C(Nc1ccc(Cl)cc1)O/N=C(/Cl)CCl. The summed E-state index contributed by atoms with van der Waals surface area (Å²) in [6.07, 6.45) is -0.759. The van der Waals surface area contributed by atoms with Crippen molar-refractivity contribution >= 4 is 51.8 Å². The van der Waals surface area contributed by atoms with E-state index in [1.54, 1.807) is 24.3 Å². The predicted octanol–water partition coefficient (Wildman–Crippen LogP) is 3.68. The fraction of sp³-hybridized carbons (Fsp3) is 0.111. The second-order valence-electron chi connectivity index (χ2n) is 2.61. The smallest absolute Gasteiger partial charge is 0.297 e. The van der Waals surface area contributed by atoms with Crippen LogP contribution in [0.4, 0.5) is 10.5 Å². The number of alkyl halides is 1. The van der Waals surface area contributed by atoms with Crippen molar-refractivity contribution < 1.29 is 9.63 Å². The van der Waals surface area contributed by atoms with E-state index in [-0.39, 0.29) is 11.1 Å². The molecule has 0 saturated carbocycles. The average Bonchev–Trinajstić information content (AvgIpc) is 2.29. The number of carbonyl (C=O) groups is 1. The van der Waals surface area contributed by atoms with Crippen LogP contribution in [0.1, 0.15) is 0 Å². The summed E-state index contributed by atoms with van der Waals surface area (Å²) in [5.74, 6) is -0.0181. The molecule has 7 heteroatoms. The molecule has 0 atom stereocenters. The minimum Gasteiger partial charge on any atom is -0.297 e. The number of carbonyl (C=O) groups excluding carboxylic acids is 1. The Balaban J connectivity index is 2.49. The van der Waals surface area contributed by atoms with E-state index in [1.807, 2.05) is 0 Å². The molecule has 0 bridgehead atoms. The molecule has 0 unspecified atom stereocenters. The van der Waals surface area contributed by atoms with Crippen LogP contribution in [-0.4, -0.2) is 17.1 Å². The fourth-order valence-electron chi connectivity index (χ4n) is 0.789. The third-order valence-electron chi connectivity index (χ3n) is 1.43. The number of oxime groups is 1. The van der Waals surface area contributed by atoms with Crippen molar-refractivity contribution in [1.82, 2.24) is 0 Å². The van der Waals surface area contributed by atoms with E-state index < -0.39 is 6.09 Å². The molecule has 0 aliphatic rings. The highest BCUT2D eigenvalue weighted by molar-refractivity contribution is 6.69. The van der Waals surface area contributed by atoms with Gasteiger partial charge in [-0.3, -0.25) is 10.2 Å². The molecule has 4 nitrogen and oxygen atoms in total. The van der Waals surface area contributed by atoms with Crippen LogP contribution in [0, 0.1) is 0 Å². The standard InChI is InChI=1S/C9H7Cl3N2O2/c10-5-8(12)14-16-9(15)13-7-3-1-6(11)2-4-7/h1-4H,5H2,(H,13,15)/b14-8+. The summed E-state index contributed by atoms with van der Waals surface area (Å²) in [6, 6.07) is 6.51. The maximum atomic E-state index is 11.1. The first kappa shape index (κ1) is 13.1. The zero-order chi connectivity index (χ0) is 12.0. The molecule has 0 radical (unpaired) electrons. The van der Waals surface area contributed by atoms with Gasteiger partial charge in [0.25, 0.3) is 0 Å². The minimum atomic E-state index is -0.759. The van der Waals surface area contributed by atoms with Crippen LogP contribution < -0.4 is 5.32 Å². The third-order valence-corrected chi connectivity index (χ3v) is 2.27. The Hall–Kier alpha value is -0.970. The number of benzene rings is 1. The highest BCUT2D eigenvalue weighted by Crippen LogP contribution is 2.13. The molecule has 1 amide bonds. The van der Waals surface area contributed by atoms with Crippen LogP contribution in [0.2, 0.25) is 5.02 Å². The van der Waals surface area contributed by atoms with E-state index in [9.17, 15) is 4.79 Å². The van der Waals surface area contributed by atoms with Gasteiger partial charge < -0.3 is 0 Å². The molecule has 86 valence electrons. The van der Waals surface area contributed by atoms with Gasteiger partial charge in [-0.2, -0.15) is 0 Å². The van der Waals surface area contributed by atoms with E-state index in [1.165, 1.54) is 0 Å². The lowest BCUT2D eigenvalue weighted by Gasteiger charge is -2.02. The van der Waals surface area contributed by atoms with Crippen LogP contribution in [-0.2, 0) is 4.84 Å². The Morgan fingerprint density at radius 3 is 2.56 bits per heavy atom. The van der Waals surface area contributed by atoms with Crippen LogP contribution in [0.5, 0.6) is 0 Å². The maximum absolute atomic E-state index is 11.1. The lowest BCUT2D eigenvalue weighted by Crippen LogP contribution is -2.11. The monoisotopic (exact) mass is 280 g/mol. The van der Waals surface area contributed by atoms with E-state index in [0.29, 0.717) is 10.7 Å². The summed E-state index contributed by atoms with van der Waals surface area (Å²) >= 11 is 16.4. The van der Waals surface area contributed by atoms with Gasteiger partial charge in [0, 0.05) is 10.7 Å². The Morgan fingerprint density at radius 1 is 1.38 bits per heavy atom. The van der Waals surface area contributed by atoms with Gasteiger partial charge in [-0.05, 0) is 24.3 Å². The molecule has 0 spiro atoms. The molecule has 1 aromatic carbocycles. The van der Waals surface area contributed by atoms with Crippen molar-refractivity contribution in [3.63, 3.8) is 0 Å². The highest BCUT2D eigenvalue weighted by Gasteiger charge is 2.03. The molecule has 1 rings (SSSR count). The first-order valence-electron chi connectivity index (χ1n) is 4.13. The summed E-state index contributed by atoms with van der Waals surface area (Å²) in [4.78, 5) is 15.6. The molecule has 1 N–H and O–H groups in total. The molecule has 0 aliphatic heterocycles. The quantitative estimate of drug-likeness (QED) is 0.398. The Bertz CT molecular complexity index is 392. The van der Waals surface area contributed by atoms with E-state index >= 15 is 0 Å². The lowest BCUT2D eigenvalue weighted by atomic mass is 10.3. The van der Waals surface area contributed by atoms with Gasteiger partial charge in [-0.1, -0.05) is 28.4 Å². The summed E-state index contributed by atoms with van der Waals surface area (Å²) in [5.41, 5.74) is 0.534. The Kier molecular flexibility index (Phi) is 5.38. The van der Waals surface area contributed by atoms with Gasteiger partial charge in [0.05, 0.1) is 5.88 Å². The minimum absolute atomic E-state index is 0.00655. The maximum Gasteiger partial charge on any atom is 0.437 e. The van der Waals surface area contributed by atoms with Crippen molar-refractivity contribution in [2.24, 2.45) is 5.16 Å². The van der Waals surface area contributed by atoms with Crippen LogP contribution in [0.25, 0.3) is 0 Å². The van der Waals surface area contributed by atoms with Crippen molar-refractivity contribution in [2.45, 2.75) is 0 Å². The zero-order valence-corrected chi connectivity index (χ0v) is 10.2. The van der Waals surface area contributed by atoms with Crippen LogP contribution in [0.15, 0.2) is 29.4 Å². The number of nitrogens with one attached hydrogen (secondary N) is 1. The lowest BCUT2D eigenvalue weighted by molar-refractivity contribution is 0.167. The summed E-state index contributed by atoms with van der Waals surface area (Å²) in [7, 11) is 0. The third kappa shape index (κ3) is 4.70. The van der Waals surface area contributed by atoms with E-state index in [0.717, 1.165) is 0 Å². The topological polar surface area (TPSA) is 50.7 Å². The number of hydrogen-bond donors (Lipinski definition) is 1. The van der Waals surface area contributed by atoms with Gasteiger partial charge >= 0.3 is 6.09 Å². The van der Waals surface area contributed by atoms with E-state index in [4.69, 9.17) is 34.8 Å². The number of hydrogen-bond acceptors (Lipinski definition) is 3. The number of halogens is 3. The van der Waals surface area contributed by atoms with Crippen LogP contribution >= 0.6 is 34.8 Å². The molecule has 16 heavy (non-hydrogen) atoms. The van der Waals surface area contributed by atoms with Gasteiger partial charge in [-0.15, -0.1) is 11.6 Å². The van der Waals surface area contributed by atoms with Crippen molar-refractivity contribution in [2.75, 3.05) is 11.2 Å². The average molecular weight is 282 g/mol. The number of amides is 1. The van der Waals surface area contributed by atoms with Gasteiger partial charge in [0.1, 0.15) is 0 Å². The van der Waals surface area contributed by atoms with Gasteiger partial charge in [-0.25, -0.2) is 4.79 Å². The largest absolute Gasteiger partial charge is 0.437 e. The normalized spacial score (nSPS) is 11.1. The van der Waals surface area contributed by atoms with Gasteiger partial charge in [0.15, 0.2) is 5.17 Å². The summed E-state index contributed by atoms with van der Waals surface area (Å²) < 4.78 is 0. The number of rotatable bonds is 3. The highest BCUT2D eigenvalue weighted by atomic mass is 35.5. The Labute approximate surface area is 107 Å². The summed E-state index contributed by atoms with van der Waals surface area (Å²) in [6.45, 7) is 0. The molecule has 0 saturated heterocycles. The van der Waals surface area contributed by atoms with Crippen molar-refractivity contribution in [3.05, 3.63) is 29.3 Å². The molecular formula is C9H7Cl3N2O2. The van der Waals surface area contributed by atoms with Gasteiger partial charge in [0.2, 0.25) is 0 Å². The zero-order valence-electron chi connectivity index (χ0n) is 7.91. The van der Waals surface area contributed by atoms with E-state index in [2.05, 4.69) is 15.3 Å². The predicted molar refractivity (Wildman–Crippen MR) is 65.6 cm³/mol. The molecule has 0 aromatic heterocycles. The molecule has 0 fully saturated rings. The first-order valence-corrected chi connectivity index (χ1v) is 5.43. The fourth-order valence-corrected chi connectivity index (χ4v) is 0.999. The van der Waals surface area contributed by atoms with Crippen molar-refractivity contribution in [1.29, 1.82) is 0 Å².